The van der Waals surface area contributed by atoms with Crippen LogP contribution in [0.1, 0.15) is 41.5 Å². The van der Waals surface area contributed by atoms with E-state index in [-0.39, 0.29) is 30.6 Å². The Morgan fingerprint density at radius 3 is 2.77 bits per heavy atom. The van der Waals surface area contributed by atoms with Crippen LogP contribution in [0.4, 0.5) is 0 Å². The molecule has 22 heavy (non-hydrogen) atoms. The summed E-state index contributed by atoms with van der Waals surface area (Å²) in [5.74, 6) is 0.874. The van der Waals surface area contributed by atoms with E-state index in [0.717, 1.165) is 19.3 Å². The number of nitrogens with two attached hydrogens (primary N) is 1. The molecular weight excluding hydrogens is 376 g/mol. The van der Waals surface area contributed by atoms with Crippen LogP contribution in [0.3, 0.4) is 0 Å². The normalized spacial score (nSPS) is 15.8. The van der Waals surface area contributed by atoms with Gasteiger partial charge >= 0.3 is 0 Å². The molecule has 1 amide bonds. The predicted octanol–water partition coefficient (Wildman–Crippen LogP) is 2.46. The molecule has 0 atom stereocenters. The van der Waals surface area contributed by atoms with Crippen LogP contribution in [-0.2, 0) is 12.1 Å². The summed E-state index contributed by atoms with van der Waals surface area (Å²) in [5.41, 5.74) is 5.67. The minimum atomic E-state index is -0.462. The van der Waals surface area contributed by atoms with Gasteiger partial charge in [0.25, 0.3) is 5.91 Å². The fourth-order valence-electron chi connectivity index (χ4n) is 2.19. The Balaban J connectivity index is 0.00000176. The standard InChI is InChI=1S/C13H15BrN4O3.ClH/c1-18(11(19)8-3-4-9(14)20-8)7-10-16-12(17-21-10)13(15)5-2-6-13;/h3-4H,2,5-7,15H2,1H3;1H. The quantitative estimate of drug-likeness (QED) is 0.859. The van der Waals surface area contributed by atoms with Crippen molar-refractivity contribution in [3.05, 3.63) is 34.3 Å². The van der Waals surface area contributed by atoms with Crippen LogP contribution < -0.4 is 5.73 Å². The topological polar surface area (TPSA) is 98.4 Å². The number of halogens is 2. The van der Waals surface area contributed by atoms with Crippen molar-refractivity contribution in [2.45, 2.75) is 31.3 Å². The Kier molecular flexibility index (Phi) is 4.93. The van der Waals surface area contributed by atoms with Crippen LogP contribution in [0.5, 0.6) is 0 Å². The number of amides is 1. The Morgan fingerprint density at radius 2 is 2.23 bits per heavy atom. The number of carbonyl (C=O) groups excluding carboxylic acids is 1. The van der Waals surface area contributed by atoms with Gasteiger partial charge in [0.2, 0.25) is 5.89 Å². The number of furan rings is 1. The summed E-state index contributed by atoms with van der Waals surface area (Å²) in [4.78, 5) is 17.9. The maximum atomic E-state index is 12.1. The Morgan fingerprint density at radius 1 is 1.50 bits per heavy atom. The molecule has 1 aliphatic carbocycles. The summed E-state index contributed by atoms with van der Waals surface area (Å²) in [6.07, 6.45) is 2.80. The largest absolute Gasteiger partial charge is 0.444 e. The molecule has 120 valence electrons. The molecule has 1 saturated carbocycles. The number of carbonyl (C=O) groups is 1. The van der Waals surface area contributed by atoms with Gasteiger partial charge in [-0.15, -0.1) is 12.4 Å². The van der Waals surface area contributed by atoms with Gasteiger partial charge in [-0.3, -0.25) is 4.79 Å². The lowest BCUT2D eigenvalue weighted by Crippen LogP contribution is -2.44. The minimum absolute atomic E-state index is 0. The number of aromatic nitrogens is 2. The first-order chi connectivity index (χ1) is 9.98. The van der Waals surface area contributed by atoms with Crippen molar-refractivity contribution >= 4 is 34.2 Å². The summed E-state index contributed by atoms with van der Waals surface area (Å²) in [6.45, 7) is 0.209. The fraction of sp³-hybridized carbons (Fsp3) is 0.462. The summed E-state index contributed by atoms with van der Waals surface area (Å²) in [5, 5.41) is 3.92. The van der Waals surface area contributed by atoms with Crippen molar-refractivity contribution in [2.24, 2.45) is 5.73 Å². The van der Waals surface area contributed by atoms with Crippen molar-refractivity contribution in [1.29, 1.82) is 0 Å². The molecule has 1 fully saturated rings. The van der Waals surface area contributed by atoms with E-state index >= 15 is 0 Å². The summed E-state index contributed by atoms with van der Waals surface area (Å²) in [6, 6.07) is 3.27. The average molecular weight is 392 g/mol. The van der Waals surface area contributed by atoms with Crippen LogP contribution >= 0.6 is 28.3 Å². The van der Waals surface area contributed by atoms with Gasteiger partial charge in [-0.25, -0.2) is 0 Å². The smallest absolute Gasteiger partial charge is 0.289 e. The van der Waals surface area contributed by atoms with Crippen LogP contribution in [0.2, 0.25) is 0 Å². The molecule has 0 aromatic carbocycles. The Hall–Kier alpha value is -1.38. The molecule has 0 bridgehead atoms. The van der Waals surface area contributed by atoms with E-state index in [0.29, 0.717) is 16.4 Å². The second kappa shape index (κ2) is 6.39. The minimum Gasteiger partial charge on any atom is -0.444 e. The maximum absolute atomic E-state index is 12.1. The van der Waals surface area contributed by atoms with Crippen LogP contribution in [0.25, 0.3) is 0 Å². The Labute approximate surface area is 141 Å². The highest BCUT2D eigenvalue weighted by molar-refractivity contribution is 9.10. The van der Waals surface area contributed by atoms with E-state index in [1.165, 1.54) is 4.90 Å². The molecular formula is C13H16BrClN4O3. The third kappa shape index (κ3) is 3.18. The molecule has 2 N–H and O–H groups in total. The van der Waals surface area contributed by atoms with Gasteiger partial charge in [-0.1, -0.05) is 5.16 Å². The molecule has 9 heteroatoms. The SMILES string of the molecule is CN(Cc1nc(C2(N)CCC2)no1)C(=O)c1ccc(Br)o1.Cl. The molecule has 2 aromatic heterocycles. The third-order valence-electron chi connectivity index (χ3n) is 3.66. The van der Waals surface area contributed by atoms with Crippen LogP contribution in [0, 0.1) is 0 Å². The molecule has 3 rings (SSSR count). The zero-order valence-corrected chi connectivity index (χ0v) is 14.3. The number of hydrogen-bond acceptors (Lipinski definition) is 6. The van der Waals surface area contributed by atoms with E-state index < -0.39 is 5.54 Å². The van der Waals surface area contributed by atoms with Crippen LogP contribution in [0.15, 0.2) is 25.7 Å². The second-order valence-electron chi connectivity index (χ2n) is 5.29. The highest BCUT2D eigenvalue weighted by atomic mass is 79.9. The molecule has 0 aliphatic heterocycles. The van der Waals surface area contributed by atoms with E-state index in [4.69, 9.17) is 14.7 Å². The molecule has 0 radical (unpaired) electrons. The molecule has 2 heterocycles. The highest BCUT2D eigenvalue weighted by Crippen LogP contribution is 2.36. The zero-order chi connectivity index (χ0) is 15.0. The van der Waals surface area contributed by atoms with Crippen LogP contribution in [-0.4, -0.2) is 28.0 Å². The van der Waals surface area contributed by atoms with E-state index in [1.807, 2.05) is 0 Å². The van der Waals surface area contributed by atoms with Gasteiger partial charge in [0.05, 0.1) is 5.54 Å². The maximum Gasteiger partial charge on any atom is 0.289 e. The molecule has 0 spiro atoms. The number of hydrogen-bond donors (Lipinski definition) is 1. The predicted molar refractivity (Wildman–Crippen MR) is 83.5 cm³/mol. The van der Waals surface area contributed by atoms with Crippen molar-refractivity contribution in [2.75, 3.05) is 7.05 Å². The van der Waals surface area contributed by atoms with Gasteiger partial charge in [-0.05, 0) is 47.3 Å². The third-order valence-corrected chi connectivity index (χ3v) is 4.09. The highest BCUT2D eigenvalue weighted by Gasteiger charge is 2.39. The van der Waals surface area contributed by atoms with Crippen molar-refractivity contribution in [3.63, 3.8) is 0 Å². The van der Waals surface area contributed by atoms with Gasteiger partial charge < -0.3 is 19.6 Å². The van der Waals surface area contributed by atoms with Gasteiger partial charge in [0, 0.05) is 7.05 Å². The fourth-order valence-corrected chi connectivity index (χ4v) is 2.50. The zero-order valence-electron chi connectivity index (χ0n) is 11.9. The van der Waals surface area contributed by atoms with Crippen molar-refractivity contribution < 1.29 is 13.7 Å². The first kappa shape index (κ1) is 17.0. The molecule has 2 aromatic rings. The second-order valence-corrected chi connectivity index (χ2v) is 6.07. The van der Waals surface area contributed by atoms with Crippen molar-refractivity contribution in [1.82, 2.24) is 15.0 Å². The average Bonchev–Trinajstić information content (AvgIpc) is 3.04. The van der Waals surface area contributed by atoms with Crippen molar-refractivity contribution in [3.8, 4) is 0 Å². The number of rotatable bonds is 4. The summed E-state index contributed by atoms with van der Waals surface area (Å²) >= 11 is 3.16. The van der Waals surface area contributed by atoms with Gasteiger partial charge in [0.1, 0.15) is 6.54 Å². The lowest BCUT2D eigenvalue weighted by molar-refractivity contribution is 0.0736. The number of nitrogens with zero attached hydrogens (tertiary/aromatic N) is 3. The molecule has 7 nitrogen and oxygen atoms in total. The molecule has 1 aliphatic rings. The Bertz CT molecular complexity index is 668. The summed E-state index contributed by atoms with van der Waals surface area (Å²) in [7, 11) is 1.64. The monoisotopic (exact) mass is 390 g/mol. The van der Waals surface area contributed by atoms with E-state index in [1.54, 1.807) is 19.2 Å². The molecule has 0 unspecified atom stereocenters. The van der Waals surface area contributed by atoms with E-state index in [2.05, 4.69) is 26.1 Å². The van der Waals surface area contributed by atoms with Gasteiger partial charge in [0.15, 0.2) is 16.3 Å². The first-order valence-electron chi connectivity index (χ1n) is 6.61. The summed E-state index contributed by atoms with van der Waals surface area (Å²) < 4.78 is 10.9. The van der Waals surface area contributed by atoms with E-state index in [9.17, 15) is 4.79 Å². The molecule has 0 saturated heterocycles. The lowest BCUT2D eigenvalue weighted by Gasteiger charge is -2.34. The lowest BCUT2D eigenvalue weighted by atomic mass is 9.77. The van der Waals surface area contributed by atoms with Gasteiger partial charge in [-0.2, -0.15) is 4.98 Å². The first-order valence-corrected chi connectivity index (χ1v) is 7.40.